The molecule has 1 rings (SSSR count). The average Bonchev–Trinajstić information content (AvgIpc) is 2.36. The van der Waals surface area contributed by atoms with Gasteiger partial charge in [-0.15, -0.1) is 0 Å². The largest absolute Gasteiger partial charge is 0.478 e. The summed E-state index contributed by atoms with van der Waals surface area (Å²) in [4.78, 5) is 10.9. The Labute approximate surface area is 123 Å². The van der Waals surface area contributed by atoms with Gasteiger partial charge in [0.2, 0.25) is 0 Å². The van der Waals surface area contributed by atoms with E-state index in [2.05, 4.69) is 21.2 Å². The van der Waals surface area contributed by atoms with E-state index < -0.39 is 11.8 Å². The van der Waals surface area contributed by atoms with Gasteiger partial charge in [0.1, 0.15) is 0 Å². The molecule has 4 nitrogen and oxygen atoms in total. The number of aromatic carboxylic acids is 1. The number of nitrogens with one attached hydrogen (secondary N) is 1. The van der Waals surface area contributed by atoms with E-state index in [1.807, 2.05) is 13.2 Å². The van der Waals surface area contributed by atoms with Gasteiger partial charge in [-0.3, -0.25) is 0 Å². The fourth-order valence-electron chi connectivity index (χ4n) is 1.60. The smallest absolute Gasteiger partial charge is 0.336 e. The van der Waals surface area contributed by atoms with Crippen molar-refractivity contribution < 1.29 is 19.4 Å². The monoisotopic (exact) mass is 351 g/mol. The molecule has 0 aliphatic rings. The van der Waals surface area contributed by atoms with Crippen molar-refractivity contribution in [1.82, 2.24) is 0 Å². The second-order valence-electron chi connectivity index (χ2n) is 3.98. The van der Waals surface area contributed by atoms with Gasteiger partial charge in [-0.25, -0.2) is 9.18 Å². The number of carbonyl (C=O) groups is 1. The van der Waals surface area contributed by atoms with Crippen molar-refractivity contribution in [3.05, 3.63) is 28.0 Å². The number of thioether (sulfide) groups is 1. The van der Waals surface area contributed by atoms with E-state index in [1.54, 1.807) is 0 Å². The first kappa shape index (κ1) is 16.3. The molecule has 7 heteroatoms. The molecular weight excluding hydrogens is 337 g/mol. The summed E-state index contributed by atoms with van der Waals surface area (Å²) in [5.41, 5.74) is 0.0798. The van der Waals surface area contributed by atoms with Gasteiger partial charge in [0.05, 0.1) is 22.3 Å². The third-order valence-corrected chi connectivity index (χ3v) is 4.67. The highest BCUT2D eigenvalue weighted by Gasteiger charge is 2.20. The Bertz CT molecular complexity index is 469. The van der Waals surface area contributed by atoms with E-state index in [0.717, 1.165) is 0 Å². The van der Waals surface area contributed by atoms with Gasteiger partial charge in [-0.2, -0.15) is 11.8 Å². The first-order valence-corrected chi connectivity index (χ1v) is 7.62. The second kappa shape index (κ2) is 7.12. The van der Waals surface area contributed by atoms with Crippen LogP contribution in [-0.2, 0) is 0 Å². The molecule has 0 heterocycles. The first-order valence-electron chi connectivity index (χ1n) is 5.53. The van der Waals surface area contributed by atoms with Crippen LogP contribution in [0.3, 0.4) is 0 Å². The van der Waals surface area contributed by atoms with Crippen molar-refractivity contribution in [2.45, 2.75) is 18.2 Å². The number of aliphatic hydroxyl groups excluding tert-OH is 1. The van der Waals surface area contributed by atoms with Crippen LogP contribution in [0.25, 0.3) is 0 Å². The Morgan fingerprint density at radius 2 is 2.21 bits per heavy atom. The average molecular weight is 352 g/mol. The van der Waals surface area contributed by atoms with Gasteiger partial charge >= 0.3 is 5.97 Å². The van der Waals surface area contributed by atoms with Gasteiger partial charge in [-0.05, 0) is 41.2 Å². The minimum absolute atomic E-state index is 0.0225. The predicted octanol–water partition coefficient (Wildman–Crippen LogP) is 2.81. The number of rotatable bonds is 6. The molecule has 106 valence electrons. The SMILES string of the molecule is CSC(CO)C(C)Nc1ccc(C(=O)O)c(Br)c1F. The van der Waals surface area contributed by atoms with Crippen LogP contribution in [0.4, 0.5) is 10.1 Å². The zero-order chi connectivity index (χ0) is 14.6. The normalized spacial score (nSPS) is 13.9. The number of carboxylic acid groups (broad SMARTS) is 1. The van der Waals surface area contributed by atoms with Crippen LogP contribution in [0, 0.1) is 5.82 Å². The molecule has 0 amide bonds. The molecule has 0 bridgehead atoms. The first-order chi connectivity index (χ1) is 8.92. The Balaban J connectivity index is 2.97. The summed E-state index contributed by atoms with van der Waals surface area (Å²) in [6, 6.07) is 2.56. The molecule has 2 atom stereocenters. The molecule has 1 aromatic rings. The highest BCUT2D eigenvalue weighted by Crippen LogP contribution is 2.28. The number of benzene rings is 1. The van der Waals surface area contributed by atoms with Crippen molar-refractivity contribution in [3.63, 3.8) is 0 Å². The van der Waals surface area contributed by atoms with Crippen LogP contribution in [0.2, 0.25) is 0 Å². The van der Waals surface area contributed by atoms with Gasteiger partial charge in [-0.1, -0.05) is 0 Å². The number of anilines is 1. The number of aliphatic hydroxyl groups is 1. The lowest BCUT2D eigenvalue weighted by Gasteiger charge is -2.23. The number of carboxylic acids is 1. The molecule has 0 fully saturated rings. The summed E-state index contributed by atoms with van der Waals surface area (Å²) in [5, 5.41) is 20.9. The number of hydrogen-bond acceptors (Lipinski definition) is 4. The Kier molecular flexibility index (Phi) is 6.09. The summed E-state index contributed by atoms with van der Waals surface area (Å²) < 4.78 is 13.9. The van der Waals surface area contributed by atoms with Crippen LogP contribution in [0.5, 0.6) is 0 Å². The highest BCUT2D eigenvalue weighted by molar-refractivity contribution is 9.10. The van der Waals surface area contributed by atoms with Gasteiger partial charge in [0.25, 0.3) is 0 Å². The van der Waals surface area contributed by atoms with Crippen molar-refractivity contribution in [2.24, 2.45) is 0 Å². The van der Waals surface area contributed by atoms with E-state index in [1.165, 1.54) is 23.9 Å². The lowest BCUT2D eigenvalue weighted by Crippen LogP contribution is -2.31. The number of hydrogen-bond donors (Lipinski definition) is 3. The lowest BCUT2D eigenvalue weighted by molar-refractivity contribution is 0.0695. The van der Waals surface area contributed by atoms with E-state index in [-0.39, 0.29) is 33.6 Å². The summed E-state index contributed by atoms with van der Waals surface area (Å²) in [6.07, 6.45) is 1.86. The van der Waals surface area contributed by atoms with Crippen LogP contribution in [0.1, 0.15) is 17.3 Å². The maximum Gasteiger partial charge on any atom is 0.336 e. The summed E-state index contributed by atoms with van der Waals surface area (Å²) in [7, 11) is 0. The zero-order valence-corrected chi connectivity index (χ0v) is 12.9. The highest BCUT2D eigenvalue weighted by atomic mass is 79.9. The maximum atomic E-state index is 14.0. The molecule has 3 N–H and O–H groups in total. The third-order valence-electron chi connectivity index (χ3n) is 2.74. The molecule has 0 saturated carbocycles. The molecule has 2 unspecified atom stereocenters. The molecule has 19 heavy (non-hydrogen) atoms. The molecule has 0 saturated heterocycles. The van der Waals surface area contributed by atoms with E-state index in [0.29, 0.717) is 0 Å². The zero-order valence-electron chi connectivity index (χ0n) is 10.5. The molecule has 0 aliphatic carbocycles. The van der Waals surface area contributed by atoms with Crippen LogP contribution in [-0.4, -0.2) is 40.3 Å². The molecule has 0 spiro atoms. The van der Waals surface area contributed by atoms with Gasteiger partial charge < -0.3 is 15.5 Å². The summed E-state index contributed by atoms with van der Waals surface area (Å²) in [6.45, 7) is 1.81. The van der Waals surface area contributed by atoms with Gasteiger partial charge in [0.15, 0.2) is 5.82 Å². The molecule has 0 aromatic heterocycles. The summed E-state index contributed by atoms with van der Waals surface area (Å²) in [5.74, 6) is -1.84. The van der Waals surface area contributed by atoms with Crippen molar-refractivity contribution in [1.29, 1.82) is 0 Å². The Morgan fingerprint density at radius 1 is 1.58 bits per heavy atom. The van der Waals surface area contributed by atoms with E-state index in [4.69, 9.17) is 5.11 Å². The van der Waals surface area contributed by atoms with Gasteiger partial charge in [0, 0.05) is 11.3 Å². The Hall–Kier alpha value is -0.790. The Morgan fingerprint density at radius 3 is 2.68 bits per heavy atom. The summed E-state index contributed by atoms with van der Waals surface area (Å²) >= 11 is 4.42. The minimum atomic E-state index is -1.19. The quantitative estimate of drug-likeness (QED) is 0.735. The maximum absolute atomic E-state index is 14.0. The molecular formula is C12H15BrFNO3S. The minimum Gasteiger partial charge on any atom is -0.478 e. The van der Waals surface area contributed by atoms with E-state index >= 15 is 0 Å². The molecule has 1 aromatic carbocycles. The third kappa shape index (κ3) is 3.84. The van der Waals surface area contributed by atoms with Crippen molar-refractivity contribution >= 4 is 39.3 Å². The fraction of sp³-hybridized carbons (Fsp3) is 0.417. The lowest BCUT2D eigenvalue weighted by atomic mass is 10.1. The fourth-order valence-corrected chi connectivity index (χ4v) is 2.74. The van der Waals surface area contributed by atoms with Crippen molar-refractivity contribution in [3.8, 4) is 0 Å². The standard InChI is InChI=1S/C12H15BrFNO3S/c1-6(9(5-16)19-2)15-8-4-3-7(12(17)18)10(13)11(8)14/h3-4,6,9,15-16H,5H2,1-2H3,(H,17,18). The van der Waals surface area contributed by atoms with Crippen LogP contribution < -0.4 is 5.32 Å². The molecule has 0 aliphatic heterocycles. The van der Waals surface area contributed by atoms with E-state index in [9.17, 15) is 14.3 Å². The van der Waals surface area contributed by atoms with Crippen LogP contribution >= 0.6 is 27.7 Å². The topological polar surface area (TPSA) is 69.6 Å². The van der Waals surface area contributed by atoms with Crippen LogP contribution in [0.15, 0.2) is 16.6 Å². The molecule has 0 radical (unpaired) electrons. The second-order valence-corrected chi connectivity index (χ2v) is 5.85. The predicted molar refractivity (Wildman–Crippen MR) is 78.5 cm³/mol. The number of halogens is 2. The van der Waals surface area contributed by atoms with Crippen molar-refractivity contribution in [2.75, 3.05) is 18.2 Å².